The Bertz CT molecular complexity index is 536. The van der Waals surface area contributed by atoms with E-state index in [4.69, 9.17) is 0 Å². The van der Waals surface area contributed by atoms with Crippen molar-refractivity contribution in [2.24, 2.45) is 0 Å². The third-order valence-electron chi connectivity index (χ3n) is 8.27. The lowest BCUT2D eigenvalue weighted by atomic mass is 10.0. The SMILES string of the molecule is CCCCCCCCCCCCCCCCCC/C=C/C(O)C(CO)NC(=O)CCCCCCCCCCCC. The van der Waals surface area contributed by atoms with Crippen LogP contribution in [0.4, 0.5) is 0 Å². The van der Waals surface area contributed by atoms with Crippen LogP contribution < -0.4 is 5.32 Å². The number of hydrogen-bond donors (Lipinski definition) is 3. The molecule has 4 heteroatoms. The normalized spacial score (nSPS) is 13.2. The number of carbonyl (C=O) groups excluding carboxylic acids is 1. The molecule has 3 N–H and O–H groups in total. The molecule has 0 aliphatic heterocycles. The van der Waals surface area contributed by atoms with Gasteiger partial charge in [-0.2, -0.15) is 0 Å². The van der Waals surface area contributed by atoms with E-state index in [-0.39, 0.29) is 12.5 Å². The first kappa shape index (κ1) is 39.1. The molecule has 2 unspecified atom stereocenters. The van der Waals surface area contributed by atoms with Crippen molar-refractivity contribution in [1.82, 2.24) is 5.32 Å². The Balaban J connectivity index is 3.58. The zero-order valence-electron chi connectivity index (χ0n) is 27.1. The summed E-state index contributed by atoms with van der Waals surface area (Å²) < 4.78 is 0. The first-order chi connectivity index (χ1) is 19.7. The minimum absolute atomic E-state index is 0.0659. The summed E-state index contributed by atoms with van der Waals surface area (Å²) in [6, 6.07) is -0.613. The van der Waals surface area contributed by atoms with E-state index in [1.54, 1.807) is 6.08 Å². The smallest absolute Gasteiger partial charge is 0.220 e. The maximum atomic E-state index is 12.2. The van der Waals surface area contributed by atoms with Crippen molar-refractivity contribution in [1.29, 1.82) is 0 Å². The molecule has 0 rings (SSSR count). The fraction of sp³-hybridized carbons (Fsp3) is 0.917. The summed E-state index contributed by atoms with van der Waals surface area (Å²) in [6.07, 6.45) is 38.7. The molecule has 0 fully saturated rings. The number of allylic oxidation sites excluding steroid dienone is 1. The van der Waals surface area contributed by atoms with Crippen LogP contribution in [0, 0.1) is 0 Å². The topological polar surface area (TPSA) is 69.6 Å². The molecule has 238 valence electrons. The maximum Gasteiger partial charge on any atom is 0.220 e. The van der Waals surface area contributed by atoms with Crippen molar-refractivity contribution >= 4 is 5.91 Å². The summed E-state index contributed by atoms with van der Waals surface area (Å²) in [7, 11) is 0. The Morgan fingerprint density at radius 2 is 0.925 bits per heavy atom. The van der Waals surface area contributed by atoms with Gasteiger partial charge in [0.15, 0.2) is 0 Å². The number of carbonyl (C=O) groups is 1. The summed E-state index contributed by atoms with van der Waals surface area (Å²) in [5.41, 5.74) is 0. The van der Waals surface area contributed by atoms with Gasteiger partial charge in [-0.3, -0.25) is 4.79 Å². The monoisotopic (exact) mass is 566 g/mol. The predicted octanol–water partition coefficient (Wildman–Crippen LogP) is 10.3. The summed E-state index contributed by atoms with van der Waals surface area (Å²) in [6.45, 7) is 4.29. The molecular weight excluding hydrogens is 494 g/mol. The Kier molecular flexibility index (Phi) is 31.9. The van der Waals surface area contributed by atoms with Crippen LogP contribution in [-0.4, -0.2) is 34.9 Å². The van der Waals surface area contributed by atoms with Gasteiger partial charge in [0.2, 0.25) is 5.91 Å². The number of rotatable bonds is 32. The molecule has 0 bridgehead atoms. The second-order valence-corrected chi connectivity index (χ2v) is 12.3. The quantitative estimate of drug-likeness (QED) is 0.0561. The number of aliphatic hydroxyl groups is 2. The zero-order chi connectivity index (χ0) is 29.4. The van der Waals surface area contributed by atoms with E-state index in [1.807, 2.05) is 6.08 Å². The van der Waals surface area contributed by atoms with Crippen LogP contribution in [0.5, 0.6) is 0 Å². The van der Waals surface area contributed by atoms with Crippen molar-refractivity contribution in [3.8, 4) is 0 Å². The summed E-state index contributed by atoms with van der Waals surface area (Å²) >= 11 is 0. The van der Waals surface area contributed by atoms with Crippen molar-refractivity contribution in [2.75, 3.05) is 6.61 Å². The van der Waals surface area contributed by atoms with Crippen LogP contribution in [0.15, 0.2) is 12.2 Å². The largest absolute Gasteiger partial charge is 0.394 e. The van der Waals surface area contributed by atoms with Crippen LogP contribution in [0.1, 0.15) is 194 Å². The molecule has 4 nitrogen and oxygen atoms in total. The Hall–Kier alpha value is -0.870. The Morgan fingerprint density at radius 1 is 0.575 bits per heavy atom. The minimum atomic E-state index is -0.831. The fourth-order valence-corrected chi connectivity index (χ4v) is 5.47. The molecule has 2 atom stereocenters. The lowest BCUT2D eigenvalue weighted by molar-refractivity contribution is -0.123. The Morgan fingerprint density at radius 3 is 1.30 bits per heavy atom. The van der Waals surface area contributed by atoms with Gasteiger partial charge in [0.05, 0.1) is 18.8 Å². The van der Waals surface area contributed by atoms with Gasteiger partial charge in [-0.05, 0) is 19.3 Å². The molecule has 0 saturated heterocycles. The second kappa shape index (κ2) is 32.6. The minimum Gasteiger partial charge on any atom is -0.394 e. The highest BCUT2D eigenvalue weighted by molar-refractivity contribution is 5.76. The van der Waals surface area contributed by atoms with Crippen LogP contribution in [-0.2, 0) is 4.79 Å². The van der Waals surface area contributed by atoms with E-state index in [0.717, 1.165) is 25.7 Å². The summed E-state index contributed by atoms with van der Waals surface area (Å²) in [5.74, 6) is -0.0659. The van der Waals surface area contributed by atoms with Gasteiger partial charge in [0, 0.05) is 6.42 Å². The summed E-state index contributed by atoms with van der Waals surface area (Å²) in [5, 5.41) is 22.8. The van der Waals surface area contributed by atoms with Gasteiger partial charge in [-0.15, -0.1) is 0 Å². The van der Waals surface area contributed by atoms with E-state index < -0.39 is 12.1 Å². The fourth-order valence-electron chi connectivity index (χ4n) is 5.47. The van der Waals surface area contributed by atoms with E-state index >= 15 is 0 Å². The van der Waals surface area contributed by atoms with Gasteiger partial charge >= 0.3 is 0 Å². The standard InChI is InChI=1S/C36H71NO3/c1-3-5-7-9-11-13-15-16-17-18-19-20-21-22-23-25-27-29-31-35(39)34(33-38)37-36(40)32-30-28-26-24-14-12-10-8-6-4-2/h29,31,34-35,38-39H,3-28,30,32-33H2,1-2H3,(H,37,40)/b31-29+. The first-order valence-corrected chi connectivity index (χ1v) is 17.9. The molecule has 0 radical (unpaired) electrons. The maximum absolute atomic E-state index is 12.2. The molecule has 0 spiro atoms. The molecule has 0 heterocycles. The summed E-state index contributed by atoms with van der Waals surface area (Å²) in [4.78, 5) is 12.2. The van der Waals surface area contributed by atoms with Gasteiger partial charge < -0.3 is 15.5 Å². The molecule has 0 aromatic rings. The average molecular weight is 566 g/mol. The number of nitrogens with one attached hydrogen (secondary N) is 1. The molecule has 40 heavy (non-hydrogen) atoms. The highest BCUT2D eigenvalue weighted by atomic mass is 16.3. The second-order valence-electron chi connectivity index (χ2n) is 12.3. The van der Waals surface area contributed by atoms with Crippen LogP contribution >= 0.6 is 0 Å². The molecule has 0 aromatic heterocycles. The number of aliphatic hydroxyl groups excluding tert-OH is 2. The van der Waals surface area contributed by atoms with Gasteiger partial charge in [0.25, 0.3) is 0 Å². The van der Waals surface area contributed by atoms with Gasteiger partial charge in [-0.25, -0.2) is 0 Å². The lowest BCUT2D eigenvalue weighted by Gasteiger charge is -2.20. The highest BCUT2D eigenvalue weighted by Crippen LogP contribution is 2.15. The molecule has 1 amide bonds. The first-order valence-electron chi connectivity index (χ1n) is 17.9. The van der Waals surface area contributed by atoms with E-state index in [9.17, 15) is 15.0 Å². The van der Waals surface area contributed by atoms with Crippen LogP contribution in [0.3, 0.4) is 0 Å². The molecular formula is C36H71NO3. The van der Waals surface area contributed by atoms with Crippen molar-refractivity contribution in [2.45, 2.75) is 206 Å². The number of amides is 1. The van der Waals surface area contributed by atoms with Crippen molar-refractivity contribution < 1.29 is 15.0 Å². The highest BCUT2D eigenvalue weighted by Gasteiger charge is 2.17. The van der Waals surface area contributed by atoms with Gasteiger partial charge in [0.1, 0.15) is 0 Å². The Labute approximate surface area is 250 Å². The third-order valence-corrected chi connectivity index (χ3v) is 8.27. The third kappa shape index (κ3) is 28.7. The predicted molar refractivity (Wildman–Crippen MR) is 175 cm³/mol. The molecule has 0 aliphatic carbocycles. The van der Waals surface area contributed by atoms with Gasteiger partial charge in [-0.1, -0.05) is 180 Å². The average Bonchev–Trinajstić information content (AvgIpc) is 2.96. The number of unbranched alkanes of at least 4 members (excludes halogenated alkanes) is 25. The van der Waals surface area contributed by atoms with Crippen LogP contribution in [0.25, 0.3) is 0 Å². The van der Waals surface area contributed by atoms with E-state index in [2.05, 4.69) is 19.2 Å². The van der Waals surface area contributed by atoms with E-state index in [1.165, 1.54) is 148 Å². The van der Waals surface area contributed by atoms with Crippen molar-refractivity contribution in [3.63, 3.8) is 0 Å². The zero-order valence-corrected chi connectivity index (χ0v) is 27.1. The van der Waals surface area contributed by atoms with Crippen molar-refractivity contribution in [3.05, 3.63) is 12.2 Å². The number of hydrogen-bond acceptors (Lipinski definition) is 3. The molecule has 0 aliphatic rings. The lowest BCUT2D eigenvalue weighted by Crippen LogP contribution is -2.45. The van der Waals surface area contributed by atoms with Crippen LogP contribution in [0.2, 0.25) is 0 Å². The molecule has 0 saturated carbocycles. The molecule has 0 aromatic carbocycles. The van der Waals surface area contributed by atoms with E-state index in [0.29, 0.717) is 6.42 Å².